The van der Waals surface area contributed by atoms with E-state index in [9.17, 15) is 173 Å². The van der Waals surface area contributed by atoms with Gasteiger partial charge in [-0.25, -0.2) is 0 Å². The predicted octanol–water partition coefficient (Wildman–Crippen LogP) is -22.6. The molecule has 3 amide bonds. The number of carbonyl (C=O) groups is 3. The average molecular weight is 2020 g/mol. The van der Waals surface area contributed by atoms with Gasteiger partial charge in [-0.3, -0.25) is 14.4 Å². The highest BCUT2D eigenvalue weighted by molar-refractivity contribution is 5.74. The second kappa shape index (κ2) is 48.5. The minimum absolute atomic E-state index is 0.890. The predicted molar refractivity (Wildman–Crippen MR) is 424 cm³/mol. The number of hydrogen-bond donors (Lipinski definition) is 34. The largest absolute Gasteiger partial charge is 0.394 e. The van der Waals surface area contributed by atoms with Gasteiger partial charge < -0.3 is 283 Å². The van der Waals surface area contributed by atoms with Crippen molar-refractivity contribution in [3.05, 3.63) is 0 Å². The lowest BCUT2D eigenvalue weighted by Gasteiger charge is -2.52. The Kier molecular flexibility index (Phi) is 39.7. The minimum atomic E-state index is -2.59. The molecule has 34 N–H and O–H groups in total. The van der Waals surface area contributed by atoms with Crippen molar-refractivity contribution in [2.75, 3.05) is 52.9 Å². The Labute approximate surface area is 782 Å². The Morgan fingerprint density at radius 1 is 0.203 bits per heavy atom. The molecule has 12 heterocycles. The molecule has 0 radical (unpaired) electrons. The van der Waals surface area contributed by atoms with Crippen LogP contribution in [-0.4, -0.2) is 597 Å². The number of rotatable bonds is 33. The molecule has 0 aliphatic carbocycles. The van der Waals surface area contributed by atoms with Gasteiger partial charge in [-0.15, -0.1) is 0 Å². The van der Waals surface area contributed by atoms with Crippen LogP contribution in [0.1, 0.15) is 48.5 Å². The second-order valence-electron chi connectivity index (χ2n) is 35.8. The highest BCUT2D eigenvalue weighted by Crippen LogP contribution is 2.44. The van der Waals surface area contributed by atoms with Crippen LogP contribution in [0.3, 0.4) is 0 Å². The van der Waals surface area contributed by atoms with Crippen LogP contribution >= 0.6 is 0 Å². The molecule has 0 aromatic rings. The average Bonchev–Trinajstić information content (AvgIpc) is 0.757. The van der Waals surface area contributed by atoms with E-state index in [-0.39, 0.29) is 0 Å². The highest BCUT2D eigenvalue weighted by atomic mass is 16.8. The molecule has 60 heteroatoms. The summed E-state index contributed by atoms with van der Waals surface area (Å²) in [4.78, 5) is 41.2. The highest BCUT2D eigenvalue weighted by Gasteiger charge is 2.64. The van der Waals surface area contributed by atoms with Crippen molar-refractivity contribution in [1.82, 2.24) is 16.0 Å². The van der Waals surface area contributed by atoms with E-state index < -0.39 is 439 Å². The third-order valence-corrected chi connectivity index (χ3v) is 26.1. The number of hydrogen-bond acceptors (Lipinski definition) is 57. The number of aliphatic hydroxyl groups is 31. The van der Waals surface area contributed by atoms with Crippen molar-refractivity contribution >= 4 is 17.7 Å². The zero-order chi connectivity index (χ0) is 101. The normalized spacial score (nSPS) is 52.1. The zero-order valence-corrected chi connectivity index (χ0v) is 74.8. The zero-order valence-electron chi connectivity index (χ0n) is 74.8. The summed E-state index contributed by atoms with van der Waals surface area (Å²) in [6, 6.07) is -6.28. The quantitative estimate of drug-likeness (QED) is 0.0290. The molecule has 60 nitrogen and oxygen atoms in total. The first-order valence-corrected chi connectivity index (χ1v) is 44.6. The van der Waals surface area contributed by atoms with Crippen molar-refractivity contribution < 1.29 is 282 Å². The Hall–Kier alpha value is -3.75. The van der Waals surface area contributed by atoms with E-state index in [1.807, 2.05) is 0 Å². The van der Waals surface area contributed by atoms with E-state index in [2.05, 4.69) is 16.0 Å². The first-order chi connectivity index (χ1) is 65.2. The van der Waals surface area contributed by atoms with E-state index in [0.29, 0.717) is 0 Å². The van der Waals surface area contributed by atoms with E-state index in [4.69, 9.17) is 109 Å². The number of aliphatic hydroxyl groups excluding tert-OH is 31. The van der Waals surface area contributed by atoms with Gasteiger partial charge in [0.2, 0.25) is 17.7 Å². The Morgan fingerprint density at radius 3 is 0.783 bits per heavy atom. The van der Waals surface area contributed by atoms with E-state index in [1.54, 1.807) is 0 Å². The van der Waals surface area contributed by atoms with Crippen LogP contribution in [-0.2, 0) is 123 Å². The van der Waals surface area contributed by atoms with Crippen LogP contribution in [0.15, 0.2) is 0 Å². The fourth-order valence-electron chi connectivity index (χ4n) is 18.3. The SMILES string of the molecule is CC(=O)N[C@H]1[C@H](O[C@H]2[C@@H](O)[C@@H](CO[C@@H]3O[C@H](CO)[C@@H](O[C@@H]4O[C@H](CO)[C@H](O)[C@H](O[C@@H]5O[C@H](CO)[C@@H](O[C@@H]6O[C@H](CO)[C@H](O)[C@H](O)[C@H]6O[C@@H]6O[C@@H](C)[C@@H](O)[C@@H](O)[C@@H]6O)[C@H](O[C@@H]6O[C@@H](C)[C@@H](O)[C@@H](O)[C@@H]6O)[C@H]5NC(C)=O)[C@H]4O)[C@H](O[C@@H]4O[C@@H](C)[C@@H](O)[C@@H](O)[C@@H]4O)[C@H]3NC(C)=O)O[C@@H](O[C@H]3[C@H](O)[C@@H](O)C(O)O[C@@H]3CO)[C@@H]2O)O[C@H](CO)[C@@H](O[C@@H]2O[C@H](CO)[C@H](O)[C@H](O)[C@H]2O)[C@@H]1O[C@@H]1O[C@@H](C)[C@@H](O)[C@@H](O)[C@@H]1O. The number of amides is 3. The molecule has 0 aromatic carbocycles. The summed E-state index contributed by atoms with van der Waals surface area (Å²) < 4.78 is 140. The van der Waals surface area contributed by atoms with Crippen LogP contribution < -0.4 is 16.0 Å². The van der Waals surface area contributed by atoms with E-state index >= 15 is 0 Å². The summed E-state index contributed by atoms with van der Waals surface area (Å²) in [5, 5.41) is 356. The summed E-state index contributed by atoms with van der Waals surface area (Å²) in [5.74, 6) is -3.14. The van der Waals surface area contributed by atoms with Gasteiger partial charge in [-0.05, 0) is 27.7 Å². The fourth-order valence-corrected chi connectivity index (χ4v) is 18.3. The molecule has 12 saturated heterocycles. The molecule has 0 spiro atoms. The van der Waals surface area contributed by atoms with E-state index in [0.717, 1.165) is 20.8 Å². The first-order valence-electron chi connectivity index (χ1n) is 44.6. The molecule has 12 aliphatic heterocycles. The van der Waals surface area contributed by atoms with Gasteiger partial charge in [0.1, 0.15) is 268 Å². The topological polar surface area (TPSA) is 927 Å². The van der Waals surface area contributed by atoms with Crippen molar-refractivity contribution in [2.45, 2.75) is 417 Å². The van der Waals surface area contributed by atoms with Gasteiger partial charge in [-0.2, -0.15) is 0 Å². The van der Waals surface area contributed by atoms with Crippen LogP contribution in [0.5, 0.6) is 0 Å². The molecule has 12 fully saturated rings. The van der Waals surface area contributed by atoms with Crippen molar-refractivity contribution in [2.24, 2.45) is 0 Å². The summed E-state index contributed by atoms with van der Waals surface area (Å²) in [5.41, 5.74) is 0. The molecular formula is C78H131N3O57. The molecule has 800 valence electrons. The smallest absolute Gasteiger partial charge is 0.217 e. The number of ether oxygens (including phenoxy) is 23. The Balaban J connectivity index is 0.881. The Bertz CT molecular complexity index is 3780. The van der Waals surface area contributed by atoms with Crippen LogP contribution in [0.2, 0.25) is 0 Å². The maximum absolute atomic E-state index is 13.9. The van der Waals surface area contributed by atoms with Gasteiger partial charge in [0.25, 0.3) is 0 Å². The van der Waals surface area contributed by atoms with Gasteiger partial charge in [0.15, 0.2) is 75.5 Å². The lowest BCUT2D eigenvalue weighted by molar-refractivity contribution is -0.403. The molecule has 0 saturated carbocycles. The van der Waals surface area contributed by atoms with Gasteiger partial charge in [-0.1, -0.05) is 0 Å². The first kappa shape index (κ1) is 113. The molecule has 12 rings (SSSR count). The van der Waals surface area contributed by atoms with Crippen LogP contribution in [0.25, 0.3) is 0 Å². The molecule has 0 bridgehead atoms. The second-order valence-corrected chi connectivity index (χ2v) is 35.8. The van der Waals surface area contributed by atoms with Crippen LogP contribution in [0, 0.1) is 0 Å². The number of nitrogens with one attached hydrogen (secondary N) is 3. The molecule has 60 atom stereocenters. The lowest BCUT2D eigenvalue weighted by atomic mass is 9.93. The molecule has 1 unspecified atom stereocenters. The summed E-state index contributed by atoms with van der Waals surface area (Å²) in [6.45, 7) is -2.05. The third-order valence-electron chi connectivity index (χ3n) is 26.1. The van der Waals surface area contributed by atoms with Gasteiger partial charge in [0.05, 0.1) is 77.3 Å². The molecular weight excluding hydrogens is 1890 g/mol. The fraction of sp³-hybridized carbons (Fsp3) is 0.962. The minimum Gasteiger partial charge on any atom is -0.394 e. The Morgan fingerprint density at radius 2 is 0.435 bits per heavy atom. The monoisotopic (exact) mass is 2020 g/mol. The maximum atomic E-state index is 13.9. The molecule has 12 aliphatic rings. The third kappa shape index (κ3) is 24.1. The summed E-state index contributed by atoms with van der Waals surface area (Å²) >= 11 is 0. The van der Waals surface area contributed by atoms with Crippen molar-refractivity contribution in [3.63, 3.8) is 0 Å². The van der Waals surface area contributed by atoms with Gasteiger partial charge in [0, 0.05) is 20.8 Å². The molecule has 0 aromatic heterocycles. The van der Waals surface area contributed by atoms with Gasteiger partial charge >= 0.3 is 0 Å². The van der Waals surface area contributed by atoms with Crippen molar-refractivity contribution in [1.29, 1.82) is 0 Å². The van der Waals surface area contributed by atoms with E-state index in [1.165, 1.54) is 27.7 Å². The summed E-state index contributed by atoms with van der Waals surface area (Å²) in [6.07, 6.45) is -120. The van der Waals surface area contributed by atoms with Crippen LogP contribution in [0.4, 0.5) is 0 Å². The van der Waals surface area contributed by atoms with Crippen molar-refractivity contribution in [3.8, 4) is 0 Å². The summed E-state index contributed by atoms with van der Waals surface area (Å²) in [7, 11) is 0. The molecule has 138 heavy (non-hydrogen) atoms. The standard InChI is InChI=1S/C78H131N3O57/c1-16-34(92)42(100)50(108)71(117-16)133-61-31(79-20(5)89)68(116-15-30-41(99)65(56(114)77(128-30)129-57-26(11-85)121-67(115)49(107)48(57)106)137-70-32(80-21(6)90)62(134-72-51(109)43(101)35(93)17(2)118-72)59(28(13-87)126-70)130-75-54(112)46(104)38(96)23(8-82)122-75)125-27(12-86)58(61)131-76-55(113)64(40(98)25(10-84)123-76)136-69-33(81-22(7)91)63(135-73-52(110)44(102)36(94)18(3)119-73)60(29(14-88)127-69)132-78-66(47(105)39(97)24(9-83)124-78)138-74-53(111)45(103)37(95)19(4)120-74/h16-19,23-78,82-88,92-115H,8-15H2,1-7H3,(H,79,89)(H,80,90)(H,81,91)/t16-,17-,18-,19-,23+,24+,25+,26+,27+,28+,29+,30+,31+,32+,33+,34+,35+,36+,37+,38-,39-,40-,41-,42+,43+,44+,45+,46-,47-,48+,49+,50-,51-,52-,53-,54+,55+,56+,57+,58+,59+,60+,61+,62+,63+,64-,65-,66+,67?,68+,69-,70-,71-,72-,73-,74-,75-,76-,77-,78-/m0/s1. The lowest BCUT2D eigenvalue weighted by Crippen LogP contribution is -2.72. The maximum Gasteiger partial charge on any atom is 0.217 e. The number of carbonyl (C=O) groups excluding carboxylic acids is 3.